The Hall–Kier alpha value is -3.39. The molecule has 4 rings (SSSR count). The van der Waals surface area contributed by atoms with Crippen LogP contribution in [0.1, 0.15) is 28.4 Å². The lowest BCUT2D eigenvalue weighted by molar-refractivity contribution is -0.133. The van der Waals surface area contributed by atoms with Crippen molar-refractivity contribution in [3.8, 4) is 11.5 Å². The zero-order chi connectivity index (χ0) is 24.2. The third-order valence-electron chi connectivity index (χ3n) is 6.38. The molecule has 2 aromatic carbocycles. The largest absolute Gasteiger partial charge is 0.485 e. The number of aryl methyl sites for hydroxylation is 2. The average molecular weight is 466 g/mol. The quantitative estimate of drug-likeness (QED) is 0.585. The molecule has 180 valence electrons. The number of fused-ring (bicyclic) bond motifs is 1. The summed E-state index contributed by atoms with van der Waals surface area (Å²) >= 11 is 0. The van der Waals surface area contributed by atoms with Gasteiger partial charge in [0, 0.05) is 31.7 Å². The summed E-state index contributed by atoms with van der Waals surface area (Å²) in [6.07, 6.45) is 0. The Labute approximate surface area is 200 Å². The first kappa shape index (κ1) is 23.8. The number of rotatable bonds is 7. The molecule has 8 nitrogen and oxygen atoms in total. The minimum absolute atomic E-state index is 0.0714. The van der Waals surface area contributed by atoms with Crippen LogP contribution in [0, 0.1) is 13.8 Å². The Morgan fingerprint density at radius 2 is 1.79 bits per heavy atom. The number of hydrogen-bond acceptors (Lipinski definition) is 6. The predicted octanol–water partition coefficient (Wildman–Crippen LogP) is 2.45. The van der Waals surface area contributed by atoms with E-state index in [1.165, 1.54) is 4.90 Å². The van der Waals surface area contributed by atoms with E-state index in [2.05, 4.69) is 11.8 Å². The molecule has 0 unspecified atom stereocenters. The summed E-state index contributed by atoms with van der Waals surface area (Å²) in [5, 5.41) is 0. The minimum atomic E-state index is -0.302. The molecular formula is C26H31N3O5. The summed E-state index contributed by atoms with van der Waals surface area (Å²) in [4.78, 5) is 43.9. The zero-order valence-electron chi connectivity index (χ0n) is 20.0. The Morgan fingerprint density at radius 3 is 2.50 bits per heavy atom. The molecule has 2 amide bonds. The van der Waals surface area contributed by atoms with Crippen molar-refractivity contribution in [3.05, 3.63) is 53.1 Å². The van der Waals surface area contributed by atoms with Crippen LogP contribution in [0.15, 0.2) is 36.4 Å². The molecule has 2 aromatic rings. The zero-order valence-corrected chi connectivity index (χ0v) is 20.0. The molecule has 1 fully saturated rings. The van der Waals surface area contributed by atoms with E-state index in [0.29, 0.717) is 35.8 Å². The van der Waals surface area contributed by atoms with Crippen molar-refractivity contribution in [2.75, 3.05) is 57.4 Å². The van der Waals surface area contributed by atoms with Crippen LogP contribution in [-0.2, 0) is 9.59 Å². The number of hydrogen-bond donors (Lipinski definition) is 0. The van der Waals surface area contributed by atoms with Crippen molar-refractivity contribution in [1.82, 2.24) is 9.80 Å². The standard InChI is InChI=1S/C26H31N3O5/c1-4-27-9-11-28(12-10-27)25(31)15-29-21-14-20(6-8-24(21)34-17-26(29)32)22(30)16-33-23-7-5-18(2)13-19(23)3/h5-8,13-14H,4,9-12,15-17H2,1-3H3. The van der Waals surface area contributed by atoms with Gasteiger partial charge in [0.2, 0.25) is 5.91 Å². The van der Waals surface area contributed by atoms with Gasteiger partial charge >= 0.3 is 0 Å². The third-order valence-corrected chi connectivity index (χ3v) is 6.38. The van der Waals surface area contributed by atoms with Gasteiger partial charge in [-0.25, -0.2) is 0 Å². The van der Waals surface area contributed by atoms with E-state index in [1.54, 1.807) is 23.1 Å². The number of benzene rings is 2. The van der Waals surface area contributed by atoms with Crippen LogP contribution >= 0.6 is 0 Å². The number of piperazine rings is 1. The number of nitrogens with zero attached hydrogens (tertiary/aromatic N) is 3. The number of anilines is 1. The highest BCUT2D eigenvalue weighted by Gasteiger charge is 2.30. The summed E-state index contributed by atoms with van der Waals surface area (Å²) < 4.78 is 11.3. The van der Waals surface area contributed by atoms with E-state index >= 15 is 0 Å². The van der Waals surface area contributed by atoms with Gasteiger partial charge in [-0.2, -0.15) is 0 Å². The molecule has 0 spiro atoms. The summed E-state index contributed by atoms with van der Waals surface area (Å²) in [5.41, 5.74) is 2.92. The molecule has 0 N–H and O–H groups in total. The summed E-state index contributed by atoms with van der Waals surface area (Å²) in [5.74, 6) is 0.514. The van der Waals surface area contributed by atoms with E-state index in [-0.39, 0.29) is 37.4 Å². The maximum absolute atomic E-state index is 12.9. The van der Waals surface area contributed by atoms with Crippen LogP contribution in [0.2, 0.25) is 0 Å². The van der Waals surface area contributed by atoms with Gasteiger partial charge in [-0.1, -0.05) is 24.6 Å². The fraction of sp³-hybridized carbons (Fsp3) is 0.423. The predicted molar refractivity (Wildman–Crippen MR) is 129 cm³/mol. The fourth-order valence-electron chi connectivity index (χ4n) is 4.29. The number of amides is 2. The Balaban J connectivity index is 1.46. The normalized spacial score (nSPS) is 16.1. The van der Waals surface area contributed by atoms with Gasteiger partial charge < -0.3 is 19.3 Å². The summed E-state index contributed by atoms with van der Waals surface area (Å²) in [6.45, 7) is 9.62. The second-order valence-electron chi connectivity index (χ2n) is 8.75. The monoisotopic (exact) mass is 465 g/mol. The van der Waals surface area contributed by atoms with Crippen molar-refractivity contribution < 1.29 is 23.9 Å². The van der Waals surface area contributed by atoms with Crippen LogP contribution < -0.4 is 14.4 Å². The number of likely N-dealkylation sites (N-methyl/N-ethyl adjacent to an activating group) is 1. The molecule has 0 aliphatic carbocycles. The van der Waals surface area contributed by atoms with E-state index < -0.39 is 0 Å². The summed E-state index contributed by atoms with van der Waals surface area (Å²) in [6, 6.07) is 10.7. The number of Topliss-reactive ketones (excluding diaryl/α,β-unsaturated/α-hetero) is 1. The first-order valence-corrected chi connectivity index (χ1v) is 11.7. The second kappa shape index (κ2) is 10.3. The van der Waals surface area contributed by atoms with Crippen molar-refractivity contribution >= 4 is 23.3 Å². The Kier molecular flexibility index (Phi) is 7.17. The van der Waals surface area contributed by atoms with Crippen LogP contribution in [0.4, 0.5) is 5.69 Å². The second-order valence-corrected chi connectivity index (χ2v) is 8.75. The number of carbonyl (C=O) groups excluding carboxylic acids is 3. The van der Waals surface area contributed by atoms with Crippen LogP contribution in [-0.4, -0.2) is 79.9 Å². The SMILES string of the molecule is CCN1CCN(C(=O)CN2C(=O)COc3ccc(C(=O)COc4ccc(C)cc4C)cc32)CC1. The summed E-state index contributed by atoms with van der Waals surface area (Å²) in [7, 11) is 0. The molecule has 8 heteroatoms. The van der Waals surface area contributed by atoms with Crippen molar-refractivity contribution in [2.24, 2.45) is 0 Å². The van der Waals surface area contributed by atoms with E-state index in [0.717, 1.165) is 30.8 Å². The maximum atomic E-state index is 12.9. The molecule has 2 heterocycles. The molecule has 0 aromatic heterocycles. The Morgan fingerprint density at radius 1 is 1.03 bits per heavy atom. The molecule has 0 saturated carbocycles. The van der Waals surface area contributed by atoms with Gasteiger partial charge in [0.1, 0.15) is 18.0 Å². The van der Waals surface area contributed by atoms with Gasteiger partial charge in [-0.05, 0) is 50.2 Å². The lowest BCUT2D eigenvalue weighted by Crippen LogP contribution is -2.52. The van der Waals surface area contributed by atoms with Gasteiger partial charge in [0.25, 0.3) is 5.91 Å². The fourth-order valence-corrected chi connectivity index (χ4v) is 4.29. The number of carbonyl (C=O) groups is 3. The molecule has 34 heavy (non-hydrogen) atoms. The average Bonchev–Trinajstić information content (AvgIpc) is 2.84. The van der Waals surface area contributed by atoms with E-state index in [9.17, 15) is 14.4 Å². The van der Waals surface area contributed by atoms with E-state index in [1.807, 2.05) is 32.0 Å². The molecule has 0 bridgehead atoms. The van der Waals surface area contributed by atoms with Crippen molar-refractivity contribution in [2.45, 2.75) is 20.8 Å². The van der Waals surface area contributed by atoms with E-state index in [4.69, 9.17) is 9.47 Å². The lowest BCUT2D eigenvalue weighted by Gasteiger charge is -2.36. The first-order chi connectivity index (χ1) is 16.4. The highest BCUT2D eigenvalue weighted by atomic mass is 16.5. The molecular weight excluding hydrogens is 434 g/mol. The highest BCUT2D eigenvalue weighted by Crippen LogP contribution is 2.33. The van der Waals surface area contributed by atoms with Gasteiger partial charge in [-0.3, -0.25) is 19.3 Å². The lowest BCUT2D eigenvalue weighted by atomic mass is 10.1. The van der Waals surface area contributed by atoms with Crippen LogP contribution in [0.25, 0.3) is 0 Å². The van der Waals surface area contributed by atoms with Crippen LogP contribution in [0.3, 0.4) is 0 Å². The van der Waals surface area contributed by atoms with Crippen molar-refractivity contribution in [1.29, 1.82) is 0 Å². The first-order valence-electron chi connectivity index (χ1n) is 11.7. The van der Waals surface area contributed by atoms with Gasteiger partial charge in [0.05, 0.1) is 5.69 Å². The molecule has 0 atom stereocenters. The highest BCUT2D eigenvalue weighted by molar-refractivity contribution is 6.04. The van der Waals surface area contributed by atoms with Crippen LogP contribution in [0.5, 0.6) is 11.5 Å². The van der Waals surface area contributed by atoms with Crippen molar-refractivity contribution in [3.63, 3.8) is 0 Å². The smallest absolute Gasteiger partial charge is 0.265 e. The Bertz CT molecular complexity index is 1090. The molecule has 2 aliphatic heterocycles. The van der Waals surface area contributed by atoms with Gasteiger partial charge in [-0.15, -0.1) is 0 Å². The topological polar surface area (TPSA) is 79.4 Å². The maximum Gasteiger partial charge on any atom is 0.265 e. The van der Waals surface area contributed by atoms with Gasteiger partial charge in [0.15, 0.2) is 19.0 Å². The minimum Gasteiger partial charge on any atom is -0.485 e. The third kappa shape index (κ3) is 5.22. The molecule has 1 saturated heterocycles. The number of ether oxygens (including phenoxy) is 2. The molecule has 0 radical (unpaired) electrons. The number of ketones is 1. The molecule has 2 aliphatic rings.